The molecule has 2 rings (SSSR count). The third kappa shape index (κ3) is 3.10. The number of alkyl halides is 3. The lowest BCUT2D eigenvalue weighted by Crippen LogP contribution is -2.26. The van der Waals surface area contributed by atoms with Crippen molar-refractivity contribution in [1.82, 2.24) is 15.5 Å². The maximum Gasteiger partial charge on any atom is 0.455 e. The molecule has 0 radical (unpaired) electrons. The first-order valence-corrected chi connectivity index (χ1v) is 5.62. The molecule has 0 fully saturated rings. The summed E-state index contributed by atoms with van der Waals surface area (Å²) in [4.78, 5) is 14.8. The van der Waals surface area contributed by atoms with Crippen LogP contribution in [0.3, 0.4) is 0 Å². The number of carbonyl (C=O) groups is 1. The number of amides is 1. The van der Waals surface area contributed by atoms with Gasteiger partial charge in [0.25, 0.3) is 11.7 Å². The predicted octanol–water partition coefficient (Wildman–Crippen LogP) is 2.83. The van der Waals surface area contributed by atoms with Crippen molar-refractivity contribution < 1.29 is 26.9 Å². The largest absolute Gasteiger partial charge is 0.455 e. The molecular formula is C10H7ClF3N3O3. The molecule has 2 aromatic heterocycles. The second kappa shape index (κ2) is 5.16. The zero-order valence-electron chi connectivity index (χ0n) is 9.86. The maximum absolute atomic E-state index is 12.3. The fraction of sp³-hybridized carbons (Fsp3) is 0.300. The average molecular weight is 310 g/mol. The van der Waals surface area contributed by atoms with Crippen molar-refractivity contribution in [3.05, 3.63) is 34.8 Å². The first-order chi connectivity index (χ1) is 9.27. The van der Waals surface area contributed by atoms with Gasteiger partial charge in [-0.2, -0.15) is 18.2 Å². The topological polar surface area (TPSA) is 81.2 Å². The highest BCUT2D eigenvalue weighted by molar-refractivity contribution is 6.29. The van der Waals surface area contributed by atoms with Gasteiger partial charge < -0.3 is 14.3 Å². The van der Waals surface area contributed by atoms with E-state index in [1.165, 1.54) is 19.1 Å². The highest BCUT2D eigenvalue weighted by Gasteiger charge is 2.37. The van der Waals surface area contributed by atoms with Crippen LogP contribution < -0.4 is 5.32 Å². The van der Waals surface area contributed by atoms with Gasteiger partial charge in [0.05, 0.1) is 0 Å². The highest BCUT2D eigenvalue weighted by atomic mass is 35.5. The van der Waals surface area contributed by atoms with Crippen molar-refractivity contribution in [3.63, 3.8) is 0 Å². The first kappa shape index (κ1) is 14.4. The molecule has 0 aliphatic carbocycles. The van der Waals surface area contributed by atoms with Gasteiger partial charge >= 0.3 is 6.18 Å². The predicted molar refractivity (Wildman–Crippen MR) is 58.9 cm³/mol. The van der Waals surface area contributed by atoms with E-state index in [0.29, 0.717) is 0 Å². The minimum atomic E-state index is -4.71. The minimum Gasteiger partial charge on any atom is -0.440 e. The average Bonchev–Trinajstić information content (AvgIpc) is 2.95. The number of nitrogens with zero attached hydrogens (tertiary/aromatic N) is 2. The van der Waals surface area contributed by atoms with Crippen LogP contribution in [-0.2, 0) is 6.18 Å². The summed E-state index contributed by atoms with van der Waals surface area (Å²) >= 11 is 5.50. The van der Waals surface area contributed by atoms with Crippen LogP contribution in [0.25, 0.3) is 0 Å². The van der Waals surface area contributed by atoms with Crippen LogP contribution in [0.5, 0.6) is 0 Å². The third-order valence-electron chi connectivity index (χ3n) is 2.21. The van der Waals surface area contributed by atoms with E-state index in [9.17, 15) is 18.0 Å². The normalized spacial score (nSPS) is 13.2. The van der Waals surface area contributed by atoms with Gasteiger partial charge in [-0.25, -0.2) is 0 Å². The molecule has 10 heteroatoms. The Labute approximate surface area is 114 Å². The molecule has 0 aliphatic heterocycles. The van der Waals surface area contributed by atoms with E-state index in [2.05, 4.69) is 20.0 Å². The number of halogens is 4. The molecule has 20 heavy (non-hydrogen) atoms. The lowest BCUT2D eigenvalue weighted by atomic mass is 10.3. The standard InChI is InChI=1S/C10H7ClF3N3O3/c1-4(8-16-9(17-20-8)10(12,13)14)15-7(18)5-2-3-6(11)19-5/h2-4H,1H3,(H,15,18). The molecule has 0 aliphatic rings. The summed E-state index contributed by atoms with van der Waals surface area (Å²) in [7, 11) is 0. The fourth-order valence-corrected chi connectivity index (χ4v) is 1.44. The number of hydrogen-bond donors (Lipinski definition) is 1. The molecule has 6 nitrogen and oxygen atoms in total. The van der Waals surface area contributed by atoms with Crippen LogP contribution in [-0.4, -0.2) is 16.0 Å². The summed E-state index contributed by atoms with van der Waals surface area (Å²) in [6, 6.07) is 1.75. The minimum absolute atomic E-state index is 0.0138. The Morgan fingerprint density at radius 3 is 2.65 bits per heavy atom. The number of carbonyl (C=O) groups excluding carboxylic acids is 1. The molecule has 1 N–H and O–H groups in total. The zero-order chi connectivity index (χ0) is 14.9. The molecule has 2 aromatic rings. The molecule has 0 bridgehead atoms. The molecule has 0 saturated carbocycles. The quantitative estimate of drug-likeness (QED) is 0.943. The molecule has 0 aromatic carbocycles. The van der Waals surface area contributed by atoms with Gasteiger partial charge in [0.1, 0.15) is 6.04 Å². The molecule has 108 valence electrons. The molecule has 0 saturated heterocycles. The van der Waals surface area contributed by atoms with Crippen molar-refractivity contribution in [2.75, 3.05) is 0 Å². The Hall–Kier alpha value is -2.03. The van der Waals surface area contributed by atoms with Gasteiger partial charge in [-0.1, -0.05) is 5.16 Å². The summed E-state index contributed by atoms with van der Waals surface area (Å²) < 4.78 is 46.2. The first-order valence-electron chi connectivity index (χ1n) is 5.24. The molecule has 1 atom stereocenters. The maximum atomic E-state index is 12.3. The summed E-state index contributed by atoms with van der Waals surface area (Å²) in [6.07, 6.45) is -4.71. The zero-order valence-corrected chi connectivity index (χ0v) is 10.6. The number of nitrogens with one attached hydrogen (secondary N) is 1. The number of rotatable bonds is 3. The Bertz CT molecular complexity index is 623. The van der Waals surface area contributed by atoms with Gasteiger partial charge in [-0.3, -0.25) is 4.79 Å². The van der Waals surface area contributed by atoms with E-state index in [-0.39, 0.29) is 16.9 Å². The SMILES string of the molecule is CC(NC(=O)c1ccc(Cl)o1)c1nc(C(F)(F)F)no1. The van der Waals surface area contributed by atoms with E-state index >= 15 is 0 Å². The van der Waals surface area contributed by atoms with Crippen molar-refractivity contribution in [3.8, 4) is 0 Å². The third-order valence-corrected chi connectivity index (χ3v) is 2.41. The van der Waals surface area contributed by atoms with Crippen molar-refractivity contribution in [2.24, 2.45) is 0 Å². The Kier molecular flexibility index (Phi) is 3.71. The lowest BCUT2D eigenvalue weighted by Gasteiger charge is -2.07. The lowest BCUT2D eigenvalue weighted by molar-refractivity contribution is -0.146. The summed E-state index contributed by atoms with van der Waals surface area (Å²) in [5, 5.41) is 5.14. The summed E-state index contributed by atoms with van der Waals surface area (Å²) in [5.74, 6) is -2.54. The van der Waals surface area contributed by atoms with Crippen LogP contribution in [0.15, 0.2) is 21.1 Å². The van der Waals surface area contributed by atoms with Crippen LogP contribution in [0.1, 0.15) is 35.2 Å². The highest BCUT2D eigenvalue weighted by Crippen LogP contribution is 2.27. The monoisotopic (exact) mass is 309 g/mol. The van der Waals surface area contributed by atoms with Gasteiger partial charge in [-0.05, 0) is 30.7 Å². The molecule has 0 spiro atoms. The Balaban J connectivity index is 2.07. The van der Waals surface area contributed by atoms with E-state index in [1.54, 1.807) is 0 Å². The fourth-order valence-electron chi connectivity index (χ4n) is 1.29. The molecule has 1 unspecified atom stereocenters. The number of aromatic nitrogens is 2. The van der Waals surface area contributed by atoms with Crippen LogP contribution >= 0.6 is 11.6 Å². The summed E-state index contributed by atoms with van der Waals surface area (Å²) in [6.45, 7) is 1.39. The van der Waals surface area contributed by atoms with Gasteiger partial charge in [0.2, 0.25) is 5.89 Å². The van der Waals surface area contributed by atoms with Crippen LogP contribution in [0, 0.1) is 0 Å². The summed E-state index contributed by atoms with van der Waals surface area (Å²) in [5.41, 5.74) is 0. The van der Waals surface area contributed by atoms with Gasteiger partial charge in [-0.15, -0.1) is 0 Å². The van der Waals surface area contributed by atoms with E-state index < -0.39 is 23.9 Å². The van der Waals surface area contributed by atoms with Crippen LogP contribution in [0.2, 0.25) is 5.22 Å². The smallest absolute Gasteiger partial charge is 0.440 e. The van der Waals surface area contributed by atoms with Crippen molar-refractivity contribution >= 4 is 17.5 Å². The molecule has 2 heterocycles. The van der Waals surface area contributed by atoms with E-state index in [1.807, 2.05) is 0 Å². The number of hydrogen-bond acceptors (Lipinski definition) is 5. The van der Waals surface area contributed by atoms with Crippen molar-refractivity contribution in [2.45, 2.75) is 19.1 Å². The molecule has 1 amide bonds. The van der Waals surface area contributed by atoms with Gasteiger partial charge in [0, 0.05) is 0 Å². The Morgan fingerprint density at radius 1 is 1.45 bits per heavy atom. The second-order valence-corrected chi connectivity index (χ2v) is 4.13. The molecular weight excluding hydrogens is 303 g/mol. The van der Waals surface area contributed by atoms with Crippen LogP contribution in [0.4, 0.5) is 13.2 Å². The van der Waals surface area contributed by atoms with E-state index in [0.717, 1.165) is 0 Å². The van der Waals surface area contributed by atoms with E-state index in [4.69, 9.17) is 16.0 Å². The number of furan rings is 1. The second-order valence-electron chi connectivity index (χ2n) is 3.75. The van der Waals surface area contributed by atoms with Crippen molar-refractivity contribution in [1.29, 1.82) is 0 Å². The Morgan fingerprint density at radius 2 is 2.15 bits per heavy atom. The van der Waals surface area contributed by atoms with Gasteiger partial charge in [0.15, 0.2) is 11.0 Å².